The molecule has 0 heterocycles. The maximum absolute atomic E-state index is 9.18. The van der Waals surface area contributed by atoms with Gasteiger partial charge < -0.3 is 9.84 Å². The lowest BCUT2D eigenvalue weighted by atomic mass is 10.2. The van der Waals surface area contributed by atoms with Gasteiger partial charge in [-0.2, -0.15) is 0 Å². The van der Waals surface area contributed by atoms with E-state index in [4.69, 9.17) is 4.74 Å². The molecule has 2 rings (SSSR count). The van der Waals surface area contributed by atoms with Crippen LogP contribution >= 0.6 is 15.9 Å². The maximum Gasteiger partial charge on any atom is 0.124 e. The van der Waals surface area contributed by atoms with Crippen LogP contribution in [-0.2, 0) is 13.0 Å². The van der Waals surface area contributed by atoms with Crippen molar-refractivity contribution in [2.75, 3.05) is 6.61 Å². The third-order valence-electron chi connectivity index (χ3n) is 2.70. The zero-order valence-corrected chi connectivity index (χ0v) is 11.6. The van der Waals surface area contributed by atoms with Crippen molar-refractivity contribution in [3.05, 3.63) is 64.1 Å². The number of hydrogen-bond donors (Lipinski definition) is 1. The Morgan fingerprint density at radius 3 is 2.44 bits per heavy atom. The summed E-state index contributed by atoms with van der Waals surface area (Å²) >= 11 is 3.41. The van der Waals surface area contributed by atoms with E-state index in [0.717, 1.165) is 22.2 Å². The molecule has 0 fully saturated rings. The lowest BCUT2D eigenvalue weighted by molar-refractivity contribution is 0.264. The third-order valence-corrected chi connectivity index (χ3v) is 3.23. The lowest BCUT2D eigenvalue weighted by Gasteiger charge is -2.09. The Balaban J connectivity index is 1.90. The maximum atomic E-state index is 9.18. The summed E-state index contributed by atoms with van der Waals surface area (Å²) in [6.07, 6.45) is 0.854. The highest BCUT2D eigenvalue weighted by molar-refractivity contribution is 9.10. The smallest absolute Gasteiger partial charge is 0.124 e. The lowest BCUT2D eigenvalue weighted by Crippen LogP contribution is -2.03. The summed E-state index contributed by atoms with van der Waals surface area (Å²) < 4.78 is 6.77. The van der Waals surface area contributed by atoms with Crippen LogP contribution in [0.5, 0.6) is 5.75 Å². The van der Waals surface area contributed by atoms with Crippen LogP contribution in [0, 0.1) is 0 Å². The molecule has 0 radical (unpaired) electrons. The first-order chi connectivity index (χ1) is 8.79. The molecule has 2 aromatic carbocycles. The van der Waals surface area contributed by atoms with Gasteiger partial charge >= 0.3 is 0 Å². The molecule has 0 spiro atoms. The minimum atomic E-state index is 0.00839. The topological polar surface area (TPSA) is 29.5 Å². The van der Waals surface area contributed by atoms with Crippen LogP contribution in [0.25, 0.3) is 0 Å². The molecule has 2 aromatic rings. The number of benzene rings is 2. The summed E-state index contributed by atoms with van der Waals surface area (Å²) in [5.74, 6) is 0.761. The van der Waals surface area contributed by atoms with Gasteiger partial charge in [0, 0.05) is 16.5 Å². The van der Waals surface area contributed by atoms with Gasteiger partial charge in [0.15, 0.2) is 0 Å². The number of rotatable bonds is 5. The molecule has 0 aliphatic carbocycles. The van der Waals surface area contributed by atoms with Crippen molar-refractivity contribution >= 4 is 15.9 Å². The van der Waals surface area contributed by atoms with Gasteiger partial charge in [-0.15, -0.1) is 0 Å². The molecule has 0 atom stereocenters. The van der Waals surface area contributed by atoms with Crippen molar-refractivity contribution < 1.29 is 9.84 Å². The molecule has 94 valence electrons. The molecule has 18 heavy (non-hydrogen) atoms. The van der Waals surface area contributed by atoms with E-state index in [1.807, 2.05) is 36.4 Å². The molecule has 0 aliphatic heterocycles. The highest BCUT2D eigenvalue weighted by atomic mass is 79.9. The van der Waals surface area contributed by atoms with Gasteiger partial charge in [0.2, 0.25) is 0 Å². The number of halogens is 1. The monoisotopic (exact) mass is 306 g/mol. The van der Waals surface area contributed by atoms with Gasteiger partial charge in [0.1, 0.15) is 5.75 Å². The highest BCUT2D eigenvalue weighted by Gasteiger charge is 2.01. The fourth-order valence-corrected chi connectivity index (χ4v) is 1.97. The van der Waals surface area contributed by atoms with E-state index in [2.05, 4.69) is 28.1 Å². The number of hydrogen-bond acceptors (Lipinski definition) is 2. The minimum absolute atomic E-state index is 0.00839. The van der Waals surface area contributed by atoms with Gasteiger partial charge in [-0.3, -0.25) is 0 Å². The normalized spacial score (nSPS) is 10.3. The molecular weight excluding hydrogens is 292 g/mol. The van der Waals surface area contributed by atoms with Crippen LogP contribution in [0.3, 0.4) is 0 Å². The predicted octanol–water partition coefficient (Wildman–Crippen LogP) is 3.56. The second kappa shape index (κ2) is 6.57. The van der Waals surface area contributed by atoms with Crippen LogP contribution in [0.1, 0.15) is 11.1 Å². The summed E-state index contributed by atoms with van der Waals surface area (Å²) in [5.41, 5.74) is 2.06. The molecule has 0 amide bonds. The van der Waals surface area contributed by atoms with Crippen molar-refractivity contribution in [1.29, 1.82) is 0 Å². The van der Waals surface area contributed by atoms with Crippen LogP contribution in [0.2, 0.25) is 0 Å². The average Bonchev–Trinajstić information content (AvgIpc) is 2.41. The van der Waals surface area contributed by atoms with Crippen molar-refractivity contribution in [3.63, 3.8) is 0 Å². The molecule has 0 aliphatic rings. The Morgan fingerprint density at radius 1 is 1.00 bits per heavy atom. The number of ether oxygens (including phenoxy) is 1. The Kier molecular flexibility index (Phi) is 4.79. The number of para-hydroxylation sites is 1. The van der Waals surface area contributed by atoms with Crippen LogP contribution in [0.4, 0.5) is 0 Å². The second-order valence-corrected chi connectivity index (χ2v) is 4.91. The Bertz CT molecular complexity index is 494. The van der Waals surface area contributed by atoms with Crippen molar-refractivity contribution in [1.82, 2.24) is 0 Å². The molecule has 0 aromatic heterocycles. The van der Waals surface area contributed by atoms with E-state index in [0.29, 0.717) is 6.61 Å². The first kappa shape index (κ1) is 13.1. The zero-order chi connectivity index (χ0) is 12.8. The van der Waals surface area contributed by atoms with E-state index in [1.165, 1.54) is 5.56 Å². The molecule has 0 bridgehead atoms. The predicted molar refractivity (Wildman–Crippen MR) is 75.7 cm³/mol. The van der Waals surface area contributed by atoms with Crippen LogP contribution in [0.15, 0.2) is 53.0 Å². The first-order valence-electron chi connectivity index (χ1n) is 5.85. The number of aliphatic hydroxyl groups is 1. The molecule has 1 N–H and O–H groups in total. The highest BCUT2D eigenvalue weighted by Crippen LogP contribution is 2.18. The summed E-state index contributed by atoms with van der Waals surface area (Å²) in [7, 11) is 0. The van der Waals surface area contributed by atoms with Gasteiger partial charge in [-0.05, 0) is 23.8 Å². The second-order valence-electron chi connectivity index (χ2n) is 3.99. The zero-order valence-electron chi connectivity index (χ0n) is 9.97. The summed E-state index contributed by atoms with van der Waals surface area (Å²) in [6.45, 7) is 0.618. The molecular formula is C15H15BrO2. The van der Waals surface area contributed by atoms with Crippen molar-refractivity contribution in [3.8, 4) is 5.75 Å². The van der Waals surface area contributed by atoms with Crippen molar-refractivity contribution in [2.45, 2.75) is 13.0 Å². The number of aliphatic hydroxyl groups excluding tert-OH is 1. The van der Waals surface area contributed by atoms with Crippen LogP contribution in [-0.4, -0.2) is 11.7 Å². The minimum Gasteiger partial charge on any atom is -0.493 e. The first-order valence-corrected chi connectivity index (χ1v) is 6.65. The van der Waals surface area contributed by atoms with E-state index in [1.54, 1.807) is 0 Å². The van der Waals surface area contributed by atoms with Gasteiger partial charge in [0.25, 0.3) is 0 Å². The largest absolute Gasteiger partial charge is 0.493 e. The fourth-order valence-electron chi connectivity index (χ4n) is 1.71. The molecule has 3 heteroatoms. The van der Waals surface area contributed by atoms with E-state index >= 15 is 0 Å². The summed E-state index contributed by atoms with van der Waals surface area (Å²) in [4.78, 5) is 0. The van der Waals surface area contributed by atoms with Gasteiger partial charge in [0.05, 0.1) is 13.2 Å². The van der Waals surface area contributed by atoms with E-state index < -0.39 is 0 Å². The summed E-state index contributed by atoms with van der Waals surface area (Å²) in [6, 6.07) is 15.8. The molecule has 0 unspecified atom stereocenters. The average molecular weight is 307 g/mol. The molecule has 0 saturated carbocycles. The summed E-state index contributed by atoms with van der Waals surface area (Å²) in [5, 5.41) is 9.18. The Labute approximate surface area is 115 Å². The standard InChI is InChI=1S/C15H15BrO2/c16-14-7-5-12(6-8-14)9-10-18-15-4-2-1-3-13(15)11-17/h1-8,17H,9-11H2. The van der Waals surface area contributed by atoms with Gasteiger partial charge in [-0.25, -0.2) is 0 Å². The third kappa shape index (κ3) is 3.59. The molecule has 2 nitrogen and oxygen atoms in total. The molecule has 0 saturated heterocycles. The van der Waals surface area contributed by atoms with E-state index in [-0.39, 0.29) is 6.61 Å². The quantitative estimate of drug-likeness (QED) is 0.915. The Morgan fingerprint density at radius 2 is 1.72 bits per heavy atom. The van der Waals surface area contributed by atoms with Crippen LogP contribution < -0.4 is 4.74 Å². The van der Waals surface area contributed by atoms with Crippen molar-refractivity contribution in [2.24, 2.45) is 0 Å². The van der Waals surface area contributed by atoms with Gasteiger partial charge in [-0.1, -0.05) is 46.3 Å². The Hall–Kier alpha value is -1.32. The SMILES string of the molecule is OCc1ccccc1OCCc1ccc(Br)cc1. The fraction of sp³-hybridized carbons (Fsp3) is 0.200. The van der Waals surface area contributed by atoms with E-state index in [9.17, 15) is 5.11 Å².